The number of hydrogen-bond acceptors (Lipinski definition) is 28. The van der Waals surface area contributed by atoms with Crippen LogP contribution in [0.4, 0.5) is 34.1 Å². The maximum atomic E-state index is 13.6. The number of rotatable bonds is 31. The summed E-state index contributed by atoms with van der Waals surface area (Å²) in [4.78, 5) is 186. The lowest BCUT2D eigenvalue weighted by Crippen LogP contribution is -2.52. The number of piperazine rings is 1. The smallest absolute Gasteiger partial charge is 0.263 e. The third-order valence-corrected chi connectivity index (χ3v) is 27.2. The molecule has 138 heavy (non-hydrogen) atoms. The van der Waals surface area contributed by atoms with Crippen LogP contribution in [-0.2, 0) is 64.3 Å². The summed E-state index contributed by atoms with van der Waals surface area (Å²) < 4.78 is 26.8. The lowest BCUT2D eigenvalue weighted by Gasteiger charge is -2.36. The summed E-state index contributed by atoms with van der Waals surface area (Å²) in [5.74, 6) is -0.745. The van der Waals surface area contributed by atoms with Crippen molar-refractivity contribution in [3.63, 3.8) is 0 Å². The molecule has 7 aliphatic rings. The van der Waals surface area contributed by atoms with Crippen molar-refractivity contribution in [3.05, 3.63) is 251 Å². The Hall–Kier alpha value is -15.0. The van der Waals surface area contributed by atoms with Crippen LogP contribution in [0.5, 0.6) is 23.0 Å². The minimum Gasteiger partial charge on any atom is -0.493 e. The molecule has 0 bridgehead atoms. The summed E-state index contributed by atoms with van der Waals surface area (Å²) >= 11 is 7.94. The summed E-state index contributed by atoms with van der Waals surface area (Å²) in [7, 11) is 2.90. The van der Waals surface area contributed by atoms with Crippen molar-refractivity contribution in [2.24, 2.45) is 25.4 Å². The van der Waals surface area contributed by atoms with Crippen molar-refractivity contribution >= 4 is 138 Å². The highest BCUT2D eigenvalue weighted by atomic mass is 35.5. The summed E-state index contributed by atoms with van der Waals surface area (Å²) in [5, 5.41) is 30.7. The zero-order valence-electron chi connectivity index (χ0n) is 77.0. The number of hydrogen-bond donors (Lipinski definition) is 4. The molecule has 5 aromatic heterocycles. The highest BCUT2D eigenvalue weighted by molar-refractivity contribution is 7.15. The molecular formula is C101H100ClN19O16S. The number of ketones is 3. The van der Waals surface area contributed by atoms with Crippen molar-refractivity contribution in [1.82, 2.24) is 59.7 Å². The van der Waals surface area contributed by atoms with Gasteiger partial charge in [-0.25, -0.2) is 15.0 Å². The number of carbonyl (C=O) groups excluding carboxylic acids is 11. The number of imidazole rings is 1. The number of aromatic nitrogens is 6. The molecule has 1 saturated carbocycles. The van der Waals surface area contributed by atoms with Crippen LogP contribution in [0.15, 0.2) is 182 Å². The molecule has 8 amide bonds. The molecule has 6 aromatic carbocycles. The Bertz CT molecular complexity index is 6820. The molecule has 11 heterocycles. The zero-order valence-corrected chi connectivity index (χ0v) is 78.6. The summed E-state index contributed by atoms with van der Waals surface area (Å²) in [6, 6.07) is 37.0. The molecule has 3 atom stereocenters. The van der Waals surface area contributed by atoms with E-state index in [1.807, 2.05) is 60.6 Å². The molecule has 2 unspecified atom stereocenters. The normalized spacial score (nSPS) is 16.9. The number of aryl methyl sites for hydroxylation is 3. The van der Waals surface area contributed by atoms with E-state index < -0.39 is 29.9 Å². The van der Waals surface area contributed by atoms with Crippen molar-refractivity contribution in [3.8, 4) is 28.0 Å². The number of thiophene rings is 1. The number of piperidine rings is 2. The number of amides is 8. The Kier molecular flexibility index (Phi) is 28.6. The van der Waals surface area contributed by atoms with Crippen LogP contribution in [0.25, 0.3) is 16.0 Å². The first kappa shape index (κ1) is 94.7. The van der Waals surface area contributed by atoms with Gasteiger partial charge in [-0.3, -0.25) is 87.3 Å². The van der Waals surface area contributed by atoms with Crippen molar-refractivity contribution in [2.45, 2.75) is 155 Å². The topological polar surface area (TPSA) is 426 Å². The Morgan fingerprint density at radius 2 is 1.28 bits per heavy atom. The van der Waals surface area contributed by atoms with Gasteiger partial charge in [-0.2, -0.15) is 20.5 Å². The highest BCUT2D eigenvalue weighted by Gasteiger charge is 2.43. The van der Waals surface area contributed by atoms with E-state index in [1.165, 1.54) is 35.8 Å². The van der Waals surface area contributed by atoms with Crippen molar-refractivity contribution < 1.29 is 71.7 Å². The number of azo groups is 2. The Labute approximate surface area is 801 Å². The third-order valence-electron chi connectivity index (χ3n) is 25.7. The number of pyridine rings is 2. The summed E-state index contributed by atoms with van der Waals surface area (Å²) in [5.41, 5.74) is 13.0. The first-order valence-corrected chi connectivity index (χ1v) is 46.9. The molecule has 4 fully saturated rings. The summed E-state index contributed by atoms with van der Waals surface area (Å²) in [6.45, 7) is 12.3. The maximum absolute atomic E-state index is 13.6. The van der Waals surface area contributed by atoms with E-state index in [2.05, 4.69) is 70.0 Å². The lowest BCUT2D eigenvalue weighted by atomic mass is 9.99. The number of nitrogens with one attached hydrogen (secondary N) is 4. The molecule has 4 N–H and O–H groups in total. The molecule has 0 spiro atoms. The van der Waals surface area contributed by atoms with Crippen LogP contribution in [0.2, 0.25) is 5.02 Å². The van der Waals surface area contributed by atoms with Gasteiger partial charge in [0.2, 0.25) is 41.2 Å². The van der Waals surface area contributed by atoms with E-state index in [1.54, 1.807) is 126 Å². The number of imide groups is 2. The average molecular weight is 1900 g/mol. The Morgan fingerprint density at radius 1 is 0.638 bits per heavy atom. The van der Waals surface area contributed by atoms with Gasteiger partial charge in [0.15, 0.2) is 28.8 Å². The molecule has 35 nitrogen and oxygen atoms in total. The van der Waals surface area contributed by atoms with Gasteiger partial charge in [0.1, 0.15) is 59.4 Å². The minimum atomic E-state index is -0.759. The number of methoxy groups -OCH3 is 2. The molecular weight excluding hydrogens is 1800 g/mol. The van der Waals surface area contributed by atoms with E-state index in [0.717, 1.165) is 75.7 Å². The third kappa shape index (κ3) is 20.7. The fourth-order valence-corrected chi connectivity index (χ4v) is 19.8. The van der Waals surface area contributed by atoms with Gasteiger partial charge in [-0.1, -0.05) is 60.8 Å². The molecule has 708 valence electrons. The SMILES string of the molecule is COc1cc(N=Nc2cccc3c2CN(C2CCC(=O)NC2=O)C3=O)cc(OC)c1OCC(=O)CCCNCC(=O)N1CCN(c2ccc(Cc3ncc4c(C)c(C(C)=O)c(=O)n(C5CCCC5)c4n3)nc2)CC1.Cc1sc2c(c1C)C(c1ccc(Cl)cc1)=N[C@@H](CC(=O)Nc1ccc(N=Nc3ccc(CC(=O)COc4cccc5c4CN(C4CCC(=O)NC4=O)C5=O)cc3)cc1)c1ncc(C)n1-2. The van der Waals surface area contributed by atoms with Gasteiger partial charge in [-0.15, -0.1) is 11.3 Å². The largest absolute Gasteiger partial charge is 0.493 e. The molecule has 11 aromatic rings. The van der Waals surface area contributed by atoms with Gasteiger partial charge >= 0.3 is 0 Å². The molecule has 1 aliphatic carbocycles. The number of anilines is 2. The van der Waals surface area contributed by atoms with Crippen LogP contribution in [0.3, 0.4) is 0 Å². The summed E-state index contributed by atoms with van der Waals surface area (Å²) in [6.07, 6.45) is 11.3. The second kappa shape index (κ2) is 41.7. The maximum Gasteiger partial charge on any atom is 0.263 e. The quantitative estimate of drug-likeness (QED) is 0.0136. The molecule has 3 saturated heterocycles. The van der Waals surface area contributed by atoms with Crippen LogP contribution >= 0.6 is 22.9 Å². The zero-order chi connectivity index (χ0) is 96.7. The number of nitrogens with zero attached hydrogens (tertiary/aromatic N) is 15. The second-order valence-corrected chi connectivity index (χ2v) is 36.5. The number of aliphatic imine (C=N–C) groups is 1. The van der Waals surface area contributed by atoms with Gasteiger partial charge in [0.25, 0.3) is 17.4 Å². The minimum absolute atomic E-state index is 0.00195. The van der Waals surface area contributed by atoms with E-state index in [9.17, 15) is 57.5 Å². The van der Waals surface area contributed by atoms with Crippen LogP contribution < -0.4 is 50.7 Å². The number of ether oxygens (including phenoxy) is 4. The number of carbonyl (C=O) groups is 11. The first-order chi connectivity index (χ1) is 66.7. The van der Waals surface area contributed by atoms with E-state index >= 15 is 0 Å². The van der Waals surface area contributed by atoms with Crippen LogP contribution in [0.1, 0.15) is 188 Å². The average Bonchev–Trinajstić information content (AvgIpc) is 1.71. The van der Waals surface area contributed by atoms with E-state index in [0.29, 0.717) is 135 Å². The van der Waals surface area contributed by atoms with Crippen LogP contribution in [0, 0.1) is 27.7 Å². The van der Waals surface area contributed by atoms with Gasteiger partial charge in [0.05, 0.1) is 86.1 Å². The van der Waals surface area contributed by atoms with Crippen LogP contribution in [-0.4, -0.2) is 193 Å². The predicted octanol–water partition coefficient (Wildman–Crippen LogP) is 14.1. The van der Waals surface area contributed by atoms with E-state index in [4.69, 9.17) is 50.5 Å². The first-order valence-electron chi connectivity index (χ1n) is 45.7. The fourth-order valence-electron chi connectivity index (χ4n) is 18.4. The number of benzene rings is 6. The monoisotopic (exact) mass is 1900 g/mol. The Morgan fingerprint density at radius 3 is 1.92 bits per heavy atom. The molecule has 0 radical (unpaired) electrons. The standard InChI is InChI=1S/C53H59N11O10.C48H41ClN8O6S/c1-31-39-27-56-45(57-50(39)64(35-9-5-6-10-35)53(71)48(31)32(2)65)25-33-14-15-36(26-55-33)61-19-21-62(22-20-61)47(68)28-54-18-8-11-37(66)30-74-49-43(72-3)23-34(24-44(49)73-4)59-60-41-13-7-12-38-40(41)29-63(52(38)70)42-16-17-46(67)58-51(42)69;1-26-23-50-45-38(52-44(30-9-11-31(49)12-10-30)43-27(2)28(3)64-48(43)57(26)45)22-42(60)51-32-15-17-34(18-16-32)55-54-33-13-7-29(8-14-33)21-35(58)25-63-40-6-4-5-36-37(40)24-56(47(36)62)39-19-20-41(59)53-46(39)61/h7,12-15,23-24,26-27,35,42,54H,5-6,8-11,16-22,25,28-30H2,1-4H3,(H,58,67,69);4-18,23,38-39H,19-22,24-25H2,1-3H3,(H,51,60)(H,53,59,61)/t;38-,39?/m.0/s1. The number of halogens is 1. The second-order valence-electron chi connectivity index (χ2n) is 34.8. The highest BCUT2D eigenvalue weighted by Crippen LogP contribution is 2.45. The van der Waals surface area contributed by atoms with Crippen molar-refractivity contribution in [2.75, 3.05) is 76.9 Å². The number of Topliss-reactive ketones (excluding diaryl/α,β-unsaturated/α-hetero) is 3. The fraction of sp³-hybridized carbons (Fsp3) is 0.337. The Balaban J connectivity index is 0.000000193. The predicted molar refractivity (Wildman–Crippen MR) is 513 cm³/mol. The van der Waals surface area contributed by atoms with Gasteiger partial charge in [-0.05, 0) is 175 Å². The van der Waals surface area contributed by atoms with Gasteiger partial charge in [0, 0.05) is 155 Å². The number of fused-ring (bicyclic) bond motifs is 6. The molecule has 37 heteroatoms. The lowest BCUT2D eigenvalue weighted by molar-refractivity contribution is -0.138. The molecule has 6 aliphatic heterocycles. The molecule has 18 rings (SSSR count). The van der Waals surface area contributed by atoms with Crippen molar-refractivity contribution in [1.29, 1.82) is 0 Å². The van der Waals surface area contributed by atoms with E-state index in [-0.39, 0.29) is 165 Å². The van der Waals surface area contributed by atoms with Gasteiger partial charge < -0.3 is 49.2 Å².